The summed E-state index contributed by atoms with van der Waals surface area (Å²) in [7, 11) is 7.45. The molecule has 178 valence electrons. The second-order valence-electron chi connectivity index (χ2n) is 10.3. The van der Waals surface area contributed by atoms with Crippen molar-refractivity contribution in [2.75, 3.05) is 54.0 Å². The Morgan fingerprint density at radius 3 is 2.52 bits per heavy atom. The normalized spacial score (nSPS) is 21.8. The number of carbonyl (C=O) groups excluding carboxylic acids is 2. The Kier molecular flexibility index (Phi) is 5.40. The zero-order chi connectivity index (χ0) is 23.5. The van der Waals surface area contributed by atoms with Crippen molar-refractivity contribution in [2.24, 2.45) is 13.0 Å². The average molecular weight is 455 g/mol. The predicted molar refractivity (Wildman–Crippen MR) is 125 cm³/mol. The molecular formula is C25H34N4O4. The lowest BCUT2D eigenvalue weighted by Crippen LogP contribution is -2.69. The van der Waals surface area contributed by atoms with E-state index in [1.54, 1.807) is 7.11 Å². The van der Waals surface area contributed by atoms with Crippen LogP contribution < -0.4 is 4.74 Å². The molecule has 2 aromatic rings. The first-order valence-electron chi connectivity index (χ1n) is 11.8. The van der Waals surface area contributed by atoms with Crippen LogP contribution in [0.2, 0.25) is 0 Å². The van der Waals surface area contributed by atoms with E-state index in [4.69, 9.17) is 4.74 Å². The van der Waals surface area contributed by atoms with Gasteiger partial charge in [-0.1, -0.05) is 6.42 Å². The maximum Gasteiger partial charge on any atom is 0.236 e. The summed E-state index contributed by atoms with van der Waals surface area (Å²) in [6, 6.07) is 5.68. The highest BCUT2D eigenvalue weighted by Gasteiger charge is 2.55. The number of hydrogen-bond donors (Lipinski definition) is 1. The molecule has 3 heterocycles. The first-order chi connectivity index (χ1) is 15.8. The number of aromatic nitrogens is 1. The molecule has 1 aromatic heterocycles. The standard InChI is InChI=1S/C25H34N4O4/c1-26(2)11-21(31)28-13-25(14-28)15-29(24(32)16-6-5-7-16)20(12-30)23-22(25)18-9-8-17(33-4)10-19(18)27(23)3/h8-10,16,20,30H,5-7,11-15H2,1-4H3/t20-/m0/s1. The number of aliphatic hydroxyl groups is 1. The minimum absolute atomic E-state index is 0.0546. The first kappa shape index (κ1) is 22.2. The molecule has 5 rings (SSSR count). The Bertz CT molecular complexity index is 1100. The maximum absolute atomic E-state index is 13.5. The lowest BCUT2D eigenvalue weighted by Gasteiger charge is -2.57. The lowest BCUT2D eigenvalue weighted by atomic mass is 9.68. The van der Waals surface area contributed by atoms with Gasteiger partial charge in [-0.2, -0.15) is 0 Å². The fourth-order valence-corrected chi connectivity index (χ4v) is 5.97. The van der Waals surface area contributed by atoms with Crippen LogP contribution in [0.5, 0.6) is 5.75 Å². The molecule has 8 heteroatoms. The van der Waals surface area contributed by atoms with Crippen LogP contribution in [0, 0.1) is 5.92 Å². The number of rotatable bonds is 5. The van der Waals surface area contributed by atoms with Crippen molar-refractivity contribution in [1.82, 2.24) is 19.3 Å². The van der Waals surface area contributed by atoms with E-state index in [-0.39, 0.29) is 35.8 Å². The lowest BCUT2D eigenvalue weighted by molar-refractivity contribution is -0.149. The van der Waals surface area contributed by atoms with E-state index in [1.807, 2.05) is 48.0 Å². The maximum atomic E-state index is 13.5. The fourth-order valence-electron chi connectivity index (χ4n) is 5.97. The van der Waals surface area contributed by atoms with Gasteiger partial charge in [0.15, 0.2) is 0 Å². The van der Waals surface area contributed by atoms with Crippen molar-refractivity contribution < 1.29 is 19.4 Å². The number of nitrogens with zero attached hydrogens (tertiary/aromatic N) is 4. The highest BCUT2D eigenvalue weighted by Crippen LogP contribution is 2.50. The minimum atomic E-state index is -0.381. The van der Waals surface area contributed by atoms with Crippen LogP contribution in [-0.4, -0.2) is 90.2 Å². The Labute approximate surface area is 194 Å². The molecule has 1 saturated heterocycles. The fraction of sp³-hybridized carbons (Fsp3) is 0.600. The van der Waals surface area contributed by atoms with E-state index in [0.717, 1.165) is 41.6 Å². The second kappa shape index (κ2) is 8.02. The number of aryl methyl sites for hydroxylation is 1. The van der Waals surface area contributed by atoms with Crippen LogP contribution in [0.1, 0.15) is 36.6 Å². The first-order valence-corrected chi connectivity index (χ1v) is 11.8. The number of aliphatic hydroxyl groups excluding tert-OH is 1. The number of likely N-dealkylation sites (N-methyl/N-ethyl adjacent to an activating group) is 1. The van der Waals surface area contributed by atoms with Crippen LogP contribution in [0.25, 0.3) is 10.9 Å². The van der Waals surface area contributed by atoms with Gasteiger partial charge in [0.1, 0.15) is 5.75 Å². The highest BCUT2D eigenvalue weighted by molar-refractivity contribution is 5.91. The summed E-state index contributed by atoms with van der Waals surface area (Å²) < 4.78 is 7.58. The van der Waals surface area contributed by atoms with Crippen LogP contribution in [0.3, 0.4) is 0 Å². The van der Waals surface area contributed by atoms with Gasteiger partial charge in [-0.15, -0.1) is 0 Å². The van der Waals surface area contributed by atoms with Crippen molar-refractivity contribution >= 4 is 22.7 Å². The van der Waals surface area contributed by atoms with E-state index in [9.17, 15) is 14.7 Å². The van der Waals surface area contributed by atoms with Crippen molar-refractivity contribution in [2.45, 2.75) is 30.7 Å². The van der Waals surface area contributed by atoms with E-state index < -0.39 is 0 Å². The minimum Gasteiger partial charge on any atom is -0.497 e. The number of hydrogen-bond acceptors (Lipinski definition) is 5. The highest BCUT2D eigenvalue weighted by atomic mass is 16.5. The zero-order valence-corrected chi connectivity index (χ0v) is 20.0. The molecular weight excluding hydrogens is 420 g/mol. The molecule has 2 fully saturated rings. The van der Waals surface area contributed by atoms with Gasteiger partial charge in [-0.3, -0.25) is 9.59 Å². The molecule has 0 bridgehead atoms. The number of benzene rings is 1. The molecule has 2 amide bonds. The largest absolute Gasteiger partial charge is 0.497 e. The molecule has 1 spiro atoms. The molecule has 8 nitrogen and oxygen atoms in total. The van der Waals surface area contributed by atoms with Crippen molar-refractivity contribution in [3.05, 3.63) is 29.5 Å². The number of methoxy groups -OCH3 is 1. The summed E-state index contributed by atoms with van der Waals surface area (Å²) in [5.74, 6) is 1.08. The smallest absolute Gasteiger partial charge is 0.236 e. The van der Waals surface area contributed by atoms with E-state index in [0.29, 0.717) is 26.2 Å². The molecule has 0 radical (unpaired) electrons. The van der Waals surface area contributed by atoms with Gasteiger partial charge in [0.2, 0.25) is 11.8 Å². The summed E-state index contributed by atoms with van der Waals surface area (Å²) in [6.07, 6.45) is 2.94. The zero-order valence-electron chi connectivity index (χ0n) is 20.0. The number of fused-ring (bicyclic) bond motifs is 4. The van der Waals surface area contributed by atoms with Gasteiger partial charge in [-0.25, -0.2) is 0 Å². The van der Waals surface area contributed by atoms with Gasteiger partial charge < -0.3 is 29.1 Å². The molecule has 33 heavy (non-hydrogen) atoms. The van der Waals surface area contributed by atoms with Crippen LogP contribution in [0.4, 0.5) is 0 Å². The van der Waals surface area contributed by atoms with E-state index in [1.165, 1.54) is 5.56 Å². The summed E-state index contributed by atoms with van der Waals surface area (Å²) in [5, 5.41) is 11.6. The molecule has 1 aliphatic carbocycles. The van der Waals surface area contributed by atoms with Crippen LogP contribution in [0.15, 0.2) is 18.2 Å². The molecule has 1 saturated carbocycles. The Balaban J connectivity index is 1.61. The van der Waals surface area contributed by atoms with Crippen molar-refractivity contribution in [3.63, 3.8) is 0 Å². The average Bonchev–Trinajstić information content (AvgIpc) is 3.01. The third-order valence-electron chi connectivity index (χ3n) is 7.85. The summed E-state index contributed by atoms with van der Waals surface area (Å²) in [4.78, 5) is 31.9. The van der Waals surface area contributed by atoms with E-state index >= 15 is 0 Å². The Morgan fingerprint density at radius 1 is 1.21 bits per heavy atom. The molecule has 3 aliphatic rings. The van der Waals surface area contributed by atoms with Crippen molar-refractivity contribution in [1.29, 1.82) is 0 Å². The molecule has 2 aliphatic heterocycles. The molecule has 1 aromatic carbocycles. The number of carbonyl (C=O) groups is 2. The monoisotopic (exact) mass is 454 g/mol. The summed E-state index contributed by atoms with van der Waals surface area (Å²) in [5.41, 5.74) is 2.86. The third kappa shape index (κ3) is 3.34. The predicted octanol–water partition coefficient (Wildman–Crippen LogP) is 1.50. The summed E-state index contributed by atoms with van der Waals surface area (Å²) >= 11 is 0. The Hall–Kier alpha value is -2.58. The SMILES string of the molecule is COc1ccc2c3c(n(C)c2c1)[C@H](CO)N(C(=O)C1CCC1)CC31CN(C(=O)CN(C)C)C1. The quantitative estimate of drug-likeness (QED) is 0.741. The molecule has 1 N–H and O–H groups in total. The topological polar surface area (TPSA) is 78.2 Å². The van der Waals surface area contributed by atoms with Gasteiger partial charge in [0.25, 0.3) is 0 Å². The summed E-state index contributed by atoms with van der Waals surface area (Å²) in [6.45, 7) is 1.97. The molecule has 0 unspecified atom stereocenters. The van der Waals surface area contributed by atoms with Gasteiger partial charge in [0, 0.05) is 49.7 Å². The van der Waals surface area contributed by atoms with Crippen LogP contribution in [-0.2, 0) is 22.1 Å². The number of likely N-dealkylation sites (tertiary alicyclic amines) is 1. The third-order valence-corrected chi connectivity index (χ3v) is 7.85. The van der Waals surface area contributed by atoms with Crippen LogP contribution >= 0.6 is 0 Å². The van der Waals surface area contributed by atoms with E-state index in [2.05, 4.69) is 10.6 Å². The number of amides is 2. The second-order valence-corrected chi connectivity index (χ2v) is 10.3. The van der Waals surface area contributed by atoms with Crippen molar-refractivity contribution in [3.8, 4) is 5.75 Å². The number of ether oxygens (including phenoxy) is 1. The molecule has 1 atom stereocenters. The van der Waals surface area contributed by atoms with Gasteiger partial charge in [-0.05, 0) is 44.6 Å². The Morgan fingerprint density at radius 2 is 1.94 bits per heavy atom. The van der Waals surface area contributed by atoms with Gasteiger partial charge in [0.05, 0.1) is 37.2 Å². The van der Waals surface area contributed by atoms with Gasteiger partial charge >= 0.3 is 0 Å².